The van der Waals surface area contributed by atoms with E-state index < -0.39 is 11.7 Å². The average Bonchev–Trinajstić information content (AvgIpc) is 3.26. The van der Waals surface area contributed by atoms with Crippen LogP contribution in [0.25, 0.3) is 0 Å². The summed E-state index contributed by atoms with van der Waals surface area (Å²) < 4.78 is 31.7. The maximum Gasteiger partial charge on any atom is 0.291 e. The molecule has 0 bridgehead atoms. The minimum absolute atomic E-state index is 0.150. The molecule has 0 radical (unpaired) electrons. The summed E-state index contributed by atoms with van der Waals surface area (Å²) in [4.78, 5) is 14.3. The number of ether oxygens (including phenoxy) is 2. The molecule has 2 aliphatic heterocycles. The molecule has 2 aliphatic rings. The molecule has 1 aromatic carbocycles. The number of nitrogens with zero attached hydrogens (tertiary/aromatic N) is 1. The van der Waals surface area contributed by atoms with Crippen molar-refractivity contribution in [1.82, 2.24) is 0 Å². The molecule has 8 heteroatoms. The molecule has 4 rings (SSSR count). The van der Waals surface area contributed by atoms with E-state index in [9.17, 15) is 9.18 Å². The number of hydrogen-bond donors (Lipinski definition) is 1. The highest BCUT2D eigenvalue weighted by Crippen LogP contribution is 2.37. The molecule has 2 aromatic rings. The van der Waals surface area contributed by atoms with Gasteiger partial charge in [0.1, 0.15) is 5.82 Å². The minimum Gasteiger partial charge on any atom is -0.444 e. The van der Waals surface area contributed by atoms with Crippen LogP contribution in [0.2, 0.25) is 0 Å². The van der Waals surface area contributed by atoms with Crippen LogP contribution in [-0.4, -0.2) is 38.0 Å². The van der Waals surface area contributed by atoms with Crippen molar-refractivity contribution in [2.24, 2.45) is 0 Å². The minimum atomic E-state index is -0.536. The van der Waals surface area contributed by atoms with Gasteiger partial charge < -0.3 is 24.1 Å². The van der Waals surface area contributed by atoms with Gasteiger partial charge in [-0.15, -0.1) is 0 Å². The predicted octanol–water partition coefficient (Wildman–Crippen LogP) is 3.78. The molecule has 26 heavy (non-hydrogen) atoms. The monoisotopic (exact) mass is 424 g/mol. The van der Waals surface area contributed by atoms with Gasteiger partial charge in [-0.2, -0.15) is 0 Å². The van der Waals surface area contributed by atoms with Crippen molar-refractivity contribution in [3.8, 4) is 0 Å². The average molecular weight is 425 g/mol. The predicted molar refractivity (Wildman–Crippen MR) is 96.8 cm³/mol. The van der Waals surface area contributed by atoms with E-state index in [1.54, 1.807) is 24.3 Å². The molecule has 1 spiro atoms. The number of hydrogen-bond acceptors (Lipinski definition) is 5. The summed E-state index contributed by atoms with van der Waals surface area (Å²) in [6.07, 6.45) is 1.31. The maximum absolute atomic E-state index is 14.6. The molecule has 3 heterocycles. The van der Waals surface area contributed by atoms with Crippen LogP contribution in [0.15, 0.2) is 39.4 Å². The second-order valence-corrected chi connectivity index (χ2v) is 7.07. The summed E-state index contributed by atoms with van der Waals surface area (Å²) in [7, 11) is 0. The zero-order valence-corrected chi connectivity index (χ0v) is 15.6. The van der Waals surface area contributed by atoms with Crippen molar-refractivity contribution in [2.45, 2.75) is 18.6 Å². The Hall–Kier alpha value is -1.90. The van der Waals surface area contributed by atoms with E-state index in [4.69, 9.17) is 13.9 Å². The fourth-order valence-corrected chi connectivity index (χ4v) is 3.72. The quantitative estimate of drug-likeness (QED) is 0.811. The summed E-state index contributed by atoms with van der Waals surface area (Å²) >= 11 is 3.17. The number of carbonyl (C=O) groups is 1. The lowest BCUT2D eigenvalue weighted by atomic mass is 10.0. The van der Waals surface area contributed by atoms with Gasteiger partial charge in [0, 0.05) is 25.9 Å². The zero-order valence-electron chi connectivity index (χ0n) is 14.0. The Morgan fingerprint density at radius 1 is 1.15 bits per heavy atom. The third-order valence-corrected chi connectivity index (χ3v) is 5.11. The van der Waals surface area contributed by atoms with Crippen molar-refractivity contribution in [3.63, 3.8) is 0 Å². The molecule has 0 unspecified atom stereocenters. The normalized spacial score (nSPS) is 19.1. The Morgan fingerprint density at radius 2 is 1.88 bits per heavy atom. The van der Waals surface area contributed by atoms with E-state index in [2.05, 4.69) is 21.2 Å². The van der Waals surface area contributed by atoms with Gasteiger partial charge in [-0.05, 0) is 40.2 Å². The highest BCUT2D eigenvalue weighted by Gasteiger charge is 2.40. The van der Waals surface area contributed by atoms with Gasteiger partial charge in [0.05, 0.1) is 24.6 Å². The van der Waals surface area contributed by atoms with Gasteiger partial charge in [-0.1, -0.05) is 6.07 Å². The lowest BCUT2D eigenvalue weighted by Gasteiger charge is -2.39. The van der Waals surface area contributed by atoms with Crippen molar-refractivity contribution >= 4 is 33.2 Å². The Morgan fingerprint density at radius 3 is 2.54 bits per heavy atom. The Bertz CT molecular complexity index is 809. The number of benzene rings is 1. The number of furan rings is 1. The zero-order chi connectivity index (χ0) is 18.1. The first kappa shape index (κ1) is 17.5. The van der Waals surface area contributed by atoms with Crippen molar-refractivity contribution in [2.75, 3.05) is 36.5 Å². The molecule has 6 nitrogen and oxygen atoms in total. The SMILES string of the molecule is O=C(Nc1cccc(F)c1N1CCC2(CC1)OCCO2)c1ccc(Br)o1. The number of piperidine rings is 1. The summed E-state index contributed by atoms with van der Waals surface area (Å²) in [6, 6.07) is 7.83. The van der Waals surface area contributed by atoms with Gasteiger partial charge in [-0.3, -0.25) is 4.79 Å². The summed E-state index contributed by atoms with van der Waals surface area (Å²) in [5.74, 6) is -1.20. The molecule has 0 aliphatic carbocycles. The van der Waals surface area contributed by atoms with Crippen LogP contribution in [0.5, 0.6) is 0 Å². The molecule has 138 valence electrons. The van der Waals surface area contributed by atoms with Crippen molar-refractivity contribution < 1.29 is 23.1 Å². The molecule has 2 fully saturated rings. The number of amides is 1. The second-order valence-electron chi connectivity index (χ2n) is 6.29. The van der Waals surface area contributed by atoms with E-state index in [0.29, 0.717) is 55.2 Å². The third kappa shape index (κ3) is 3.36. The van der Waals surface area contributed by atoms with Crippen LogP contribution >= 0.6 is 15.9 Å². The highest BCUT2D eigenvalue weighted by atomic mass is 79.9. The Balaban J connectivity index is 1.54. The summed E-state index contributed by atoms with van der Waals surface area (Å²) in [5, 5.41) is 2.74. The van der Waals surface area contributed by atoms with Crippen LogP contribution < -0.4 is 10.2 Å². The van der Waals surface area contributed by atoms with Gasteiger partial charge in [-0.25, -0.2) is 4.39 Å². The fourth-order valence-electron chi connectivity index (χ4n) is 3.41. The second kappa shape index (κ2) is 7.02. The number of carbonyl (C=O) groups excluding carboxylic acids is 1. The lowest BCUT2D eigenvalue weighted by molar-refractivity contribution is -0.169. The molecule has 1 aromatic heterocycles. The third-order valence-electron chi connectivity index (χ3n) is 4.69. The van der Waals surface area contributed by atoms with Crippen LogP contribution in [0.1, 0.15) is 23.4 Å². The Labute approximate surface area is 158 Å². The van der Waals surface area contributed by atoms with Gasteiger partial charge in [0.2, 0.25) is 0 Å². The molecule has 0 saturated carbocycles. The molecular formula is C18H18BrFN2O4. The Kier molecular flexibility index (Phi) is 4.73. The molecular weight excluding hydrogens is 407 g/mol. The maximum atomic E-state index is 14.6. The lowest BCUT2D eigenvalue weighted by Crippen LogP contribution is -2.45. The number of rotatable bonds is 3. The van der Waals surface area contributed by atoms with E-state index in [-0.39, 0.29) is 11.6 Å². The number of anilines is 2. The van der Waals surface area contributed by atoms with E-state index >= 15 is 0 Å². The molecule has 2 saturated heterocycles. The standard InChI is InChI=1S/C18H18BrFN2O4/c19-15-5-4-14(26-15)17(23)21-13-3-1-2-12(20)16(13)22-8-6-18(7-9-22)24-10-11-25-18/h1-5H,6-11H2,(H,21,23). The number of para-hydroxylation sites is 1. The smallest absolute Gasteiger partial charge is 0.291 e. The number of nitrogens with one attached hydrogen (secondary N) is 1. The first-order valence-corrected chi connectivity index (χ1v) is 9.24. The molecule has 1 N–H and O–H groups in total. The van der Waals surface area contributed by atoms with E-state index in [1.165, 1.54) is 6.07 Å². The first-order chi connectivity index (χ1) is 12.6. The molecule has 1 amide bonds. The van der Waals surface area contributed by atoms with E-state index in [0.717, 1.165) is 0 Å². The van der Waals surface area contributed by atoms with E-state index in [1.807, 2.05) is 4.90 Å². The van der Waals surface area contributed by atoms with Crippen molar-refractivity contribution in [3.05, 3.63) is 46.6 Å². The summed E-state index contributed by atoms with van der Waals surface area (Å²) in [6.45, 7) is 2.35. The van der Waals surface area contributed by atoms with Crippen molar-refractivity contribution in [1.29, 1.82) is 0 Å². The van der Waals surface area contributed by atoms with Crippen LogP contribution in [-0.2, 0) is 9.47 Å². The van der Waals surface area contributed by atoms with Crippen LogP contribution in [0.3, 0.4) is 0 Å². The highest BCUT2D eigenvalue weighted by molar-refractivity contribution is 9.10. The van der Waals surface area contributed by atoms with Crippen LogP contribution in [0, 0.1) is 5.82 Å². The van der Waals surface area contributed by atoms with Gasteiger partial charge in [0.15, 0.2) is 16.2 Å². The van der Waals surface area contributed by atoms with Gasteiger partial charge >= 0.3 is 0 Å². The molecule has 0 atom stereocenters. The van der Waals surface area contributed by atoms with Crippen LogP contribution in [0.4, 0.5) is 15.8 Å². The fraction of sp³-hybridized carbons (Fsp3) is 0.389. The number of halogens is 2. The van der Waals surface area contributed by atoms with Gasteiger partial charge in [0.25, 0.3) is 5.91 Å². The summed E-state index contributed by atoms with van der Waals surface area (Å²) in [5.41, 5.74) is 0.783. The largest absolute Gasteiger partial charge is 0.444 e. The first-order valence-electron chi connectivity index (χ1n) is 8.44. The topological polar surface area (TPSA) is 63.9 Å².